The first-order valence-corrected chi connectivity index (χ1v) is 12.0. The van der Waals surface area contributed by atoms with E-state index in [9.17, 15) is 9.59 Å². The molecule has 0 aliphatic carbocycles. The quantitative estimate of drug-likeness (QED) is 0.554. The Morgan fingerprint density at radius 3 is 2.33 bits per heavy atom. The molecule has 0 saturated carbocycles. The molecule has 1 aromatic rings. The lowest BCUT2D eigenvalue weighted by Crippen LogP contribution is -2.53. The fourth-order valence-electron chi connectivity index (χ4n) is 4.30. The second kappa shape index (κ2) is 11.5. The van der Waals surface area contributed by atoms with Crippen molar-refractivity contribution in [1.29, 1.82) is 0 Å². The van der Waals surface area contributed by atoms with E-state index in [1.165, 1.54) is 0 Å². The molecule has 2 N–H and O–H groups in total. The van der Waals surface area contributed by atoms with Crippen molar-refractivity contribution in [3.63, 3.8) is 0 Å². The first-order chi connectivity index (χ1) is 15.8. The van der Waals surface area contributed by atoms with E-state index in [1.54, 1.807) is 6.92 Å². The monoisotopic (exact) mass is 458 g/mol. The first kappa shape index (κ1) is 25.1. The van der Waals surface area contributed by atoms with Crippen molar-refractivity contribution in [2.45, 2.75) is 59.2 Å². The summed E-state index contributed by atoms with van der Waals surface area (Å²) < 4.78 is 11.1. The molecular formula is C25H38N4O4. The Hall–Kier alpha value is -2.58. The molecular weight excluding hydrogens is 420 g/mol. The van der Waals surface area contributed by atoms with Crippen LogP contribution >= 0.6 is 0 Å². The summed E-state index contributed by atoms with van der Waals surface area (Å²) in [6.07, 6.45) is 1.19. The molecule has 2 amide bonds. The van der Waals surface area contributed by atoms with Crippen LogP contribution in [0.4, 0.5) is 4.79 Å². The number of piperazine rings is 1. The number of nitrogens with one attached hydrogen (secondary N) is 2. The summed E-state index contributed by atoms with van der Waals surface area (Å²) in [5.41, 5.74) is 1.88. The minimum atomic E-state index is -0.581. The summed E-state index contributed by atoms with van der Waals surface area (Å²) in [6.45, 7) is 14.7. The van der Waals surface area contributed by atoms with Crippen LogP contribution in [0.5, 0.6) is 5.75 Å². The third-order valence-corrected chi connectivity index (χ3v) is 6.24. The van der Waals surface area contributed by atoms with Gasteiger partial charge in [0.2, 0.25) is 0 Å². The van der Waals surface area contributed by atoms with Gasteiger partial charge in [-0.25, -0.2) is 9.59 Å². The predicted molar refractivity (Wildman–Crippen MR) is 128 cm³/mol. The van der Waals surface area contributed by atoms with E-state index in [2.05, 4.69) is 34.3 Å². The third-order valence-electron chi connectivity index (χ3n) is 6.24. The first-order valence-electron chi connectivity index (χ1n) is 12.0. The number of hydrogen-bond donors (Lipinski definition) is 2. The van der Waals surface area contributed by atoms with Gasteiger partial charge in [0.15, 0.2) is 0 Å². The highest BCUT2D eigenvalue weighted by molar-refractivity contribution is 5.95. The summed E-state index contributed by atoms with van der Waals surface area (Å²) in [7, 11) is 0. The van der Waals surface area contributed by atoms with Crippen molar-refractivity contribution >= 4 is 12.0 Å². The van der Waals surface area contributed by atoms with Gasteiger partial charge in [0, 0.05) is 44.5 Å². The zero-order chi connectivity index (χ0) is 24.0. The van der Waals surface area contributed by atoms with Gasteiger partial charge in [0.1, 0.15) is 5.75 Å². The Morgan fingerprint density at radius 1 is 1.09 bits per heavy atom. The second-order valence-corrected chi connectivity index (χ2v) is 8.95. The highest BCUT2D eigenvalue weighted by Gasteiger charge is 2.35. The molecule has 1 aromatic carbocycles. The topological polar surface area (TPSA) is 83.1 Å². The molecule has 8 heteroatoms. The molecule has 0 aromatic heterocycles. The van der Waals surface area contributed by atoms with Crippen LogP contribution in [0.15, 0.2) is 35.5 Å². The fraction of sp³-hybridized carbons (Fsp3) is 0.600. The van der Waals surface area contributed by atoms with E-state index >= 15 is 0 Å². The zero-order valence-electron chi connectivity index (χ0n) is 20.5. The number of carbonyl (C=O) groups excluding carboxylic acids is 2. The molecule has 3 rings (SSSR count). The smallest absolute Gasteiger partial charge is 0.338 e. The Kier molecular flexibility index (Phi) is 8.74. The lowest BCUT2D eigenvalue weighted by Gasteiger charge is -2.39. The van der Waals surface area contributed by atoms with Crippen molar-refractivity contribution in [1.82, 2.24) is 20.4 Å². The van der Waals surface area contributed by atoms with Crippen LogP contribution in [0, 0.1) is 0 Å². The number of benzene rings is 1. The number of rotatable bonds is 9. The van der Waals surface area contributed by atoms with E-state index in [-0.39, 0.29) is 18.7 Å². The van der Waals surface area contributed by atoms with Gasteiger partial charge in [-0.05, 0) is 51.8 Å². The molecule has 8 nitrogen and oxygen atoms in total. The number of nitrogens with zero attached hydrogens (tertiary/aromatic N) is 2. The van der Waals surface area contributed by atoms with Crippen LogP contribution < -0.4 is 15.4 Å². The minimum Gasteiger partial charge on any atom is -0.491 e. The van der Waals surface area contributed by atoms with E-state index in [1.807, 2.05) is 38.1 Å². The van der Waals surface area contributed by atoms with Crippen molar-refractivity contribution in [3.8, 4) is 5.75 Å². The summed E-state index contributed by atoms with van der Waals surface area (Å²) in [5.74, 6) is 0.334. The third kappa shape index (κ3) is 6.48. The average Bonchev–Trinajstić information content (AvgIpc) is 2.79. The molecule has 0 radical (unpaired) electrons. The fourth-order valence-corrected chi connectivity index (χ4v) is 4.30. The largest absolute Gasteiger partial charge is 0.491 e. The Balaban J connectivity index is 1.84. The maximum absolute atomic E-state index is 13.0. The maximum Gasteiger partial charge on any atom is 0.338 e. The van der Waals surface area contributed by atoms with E-state index in [4.69, 9.17) is 9.47 Å². The van der Waals surface area contributed by atoms with Crippen LogP contribution in [-0.2, 0) is 9.53 Å². The predicted octanol–water partition coefficient (Wildman–Crippen LogP) is 3.06. The Bertz CT molecular complexity index is 844. The summed E-state index contributed by atoms with van der Waals surface area (Å²) in [5, 5.41) is 5.79. The Morgan fingerprint density at radius 2 is 1.76 bits per heavy atom. The van der Waals surface area contributed by atoms with Gasteiger partial charge in [-0.3, -0.25) is 9.80 Å². The van der Waals surface area contributed by atoms with Gasteiger partial charge in [-0.2, -0.15) is 0 Å². The van der Waals surface area contributed by atoms with Crippen LogP contribution in [-0.4, -0.2) is 73.3 Å². The van der Waals surface area contributed by atoms with Gasteiger partial charge in [-0.1, -0.05) is 19.1 Å². The highest BCUT2D eigenvalue weighted by Crippen LogP contribution is 2.30. The number of ether oxygens (including phenoxy) is 2. The summed E-state index contributed by atoms with van der Waals surface area (Å²) in [4.78, 5) is 30.3. The lowest BCUT2D eigenvalue weighted by molar-refractivity contribution is -0.139. The van der Waals surface area contributed by atoms with E-state index < -0.39 is 12.0 Å². The van der Waals surface area contributed by atoms with Gasteiger partial charge in [0.25, 0.3) is 0 Å². The highest BCUT2D eigenvalue weighted by atomic mass is 16.5. The molecule has 0 spiro atoms. The van der Waals surface area contributed by atoms with Crippen LogP contribution in [0.2, 0.25) is 0 Å². The molecule has 0 bridgehead atoms. The standard InChI is InChI=1S/C25H38N4O4/c1-6-18(5)29-14-12-28(13-15-29)16-21-22(24(30)32-7-2)23(27-25(31)26-21)19-8-10-20(11-9-19)33-17(3)4/h8-11,17-18,23H,6-7,12-16H2,1-5H3,(H2,26,27,31)/t18-,23+/m1/s1. The van der Waals surface area contributed by atoms with Crippen molar-refractivity contribution < 1.29 is 19.1 Å². The molecule has 2 atom stereocenters. The SMILES string of the molecule is CCOC(=O)C1=C(CN2CCN([C@H](C)CC)CC2)NC(=O)N[C@H]1c1ccc(OC(C)C)cc1. The second-order valence-electron chi connectivity index (χ2n) is 8.95. The number of amides is 2. The van der Waals surface area contributed by atoms with E-state index in [0.29, 0.717) is 23.9 Å². The molecule has 1 fully saturated rings. The van der Waals surface area contributed by atoms with Gasteiger partial charge in [0.05, 0.1) is 24.3 Å². The number of esters is 1. The van der Waals surface area contributed by atoms with Crippen LogP contribution in [0.3, 0.4) is 0 Å². The van der Waals surface area contributed by atoms with Crippen LogP contribution in [0.25, 0.3) is 0 Å². The van der Waals surface area contributed by atoms with Crippen molar-refractivity contribution in [2.24, 2.45) is 0 Å². The molecule has 1 saturated heterocycles. The lowest BCUT2D eigenvalue weighted by atomic mass is 9.94. The van der Waals surface area contributed by atoms with Crippen molar-refractivity contribution in [3.05, 3.63) is 41.1 Å². The van der Waals surface area contributed by atoms with Gasteiger partial charge < -0.3 is 20.1 Å². The normalized spacial score (nSPS) is 20.9. The maximum atomic E-state index is 13.0. The molecule has 182 valence electrons. The molecule has 0 unspecified atom stereocenters. The van der Waals surface area contributed by atoms with E-state index in [0.717, 1.165) is 43.9 Å². The molecule has 33 heavy (non-hydrogen) atoms. The summed E-state index contributed by atoms with van der Waals surface area (Å²) >= 11 is 0. The summed E-state index contributed by atoms with van der Waals surface area (Å²) in [6, 6.07) is 7.16. The van der Waals surface area contributed by atoms with Gasteiger partial charge >= 0.3 is 12.0 Å². The van der Waals surface area contributed by atoms with Gasteiger partial charge in [-0.15, -0.1) is 0 Å². The number of urea groups is 1. The Labute approximate surface area is 197 Å². The number of hydrogen-bond acceptors (Lipinski definition) is 6. The molecule has 2 aliphatic rings. The minimum absolute atomic E-state index is 0.0665. The number of carbonyl (C=O) groups is 2. The van der Waals surface area contributed by atoms with Crippen molar-refractivity contribution in [2.75, 3.05) is 39.3 Å². The average molecular weight is 459 g/mol. The zero-order valence-corrected chi connectivity index (χ0v) is 20.5. The molecule has 2 aliphatic heterocycles. The van der Waals surface area contributed by atoms with Crippen LogP contribution in [0.1, 0.15) is 52.6 Å². The molecule has 2 heterocycles.